The monoisotopic (exact) mass is 457 g/mol. The predicted molar refractivity (Wildman–Crippen MR) is 130 cm³/mol. The number of benzene rings is 2. The molecule has 1 fully saturated rings. The van der Waals surface area contributed by atoms with E-state index in [1.165, 1.54) is 29.0 Å². The zero-order valence-electron chi connectivity index (χ0n) is 19.4. The molecule has 0 atom stereocenters. The van der Waals surface area contributed by atoms with Crippen molar-refractivity contribution in [3.8, 4) is 0 Å². The lowest BCUT2D eigenvalue weighted by molar-refractivity contribution is -0.121. The summed E-state index contributed by atoms with van der Waals surface area (Å²) in [7, 11) is -3.42. The standard InChI is InChI=1S/C25H35N3O3S/c1-20-14-21(2)16-24(15-20)28(32(3,30)31)13-7-10-25(29)26-18-22-8-6-9-23(17-22)19-27-11-4-5-12-27/h6,8-9,14-17H,4-5,7,10-13,18-19H2,1-3H3,(H,26,29). The van der Waals surface area contributed by atoms with Gasteiger partial charge in [0.1, 0.15) is 0 Å². The first kappa shape index (κ1) is 24.3. The lowest BCUT2D eigenvalue weighted by Gasteiger charge is -2.23. The van der Waals surface area contributed by atoms with E-state index in [0.29, 0.717) is 18.7 Å². The molecule has 0 aliphatic carbocycles. The topological polar surface area (TPSA) is 69.7 Å². The Bertz CT molecular complexity index is 1010. The van der Waals surface area contributed by atoms with Crippen LogP contribution in [0.3, 0.4) is 0 Å². The summed E-state index contributed by atoms with van der Waals surface area (Å²) in [6, 6.07) is 14.1. The summed E-state index contributed by atoms with van der Waals surface area (Å²) in [5, 5.41) is 2.97. The molecule has 32 heavy (non-hydrogen) atoms. The Morgan fingerprint density at radius 2 is 1.69 bits per heavy atom. The number of aryl methyl sites for hydroxylation is 2. The summed E-state index contributed by atoms with van der Waals surface area (Å²) in [6.45, 7) is 7.94. The number of hydrogen-bond donors (Lipinski definition) is 1. The number of nitrogens with zero attached hydrogens (tertiary/aromatic N) is 2. The van der Waals surface area contributed by atoms with Crippen LogP contribution >= 0.6 is 0 Å². The van der Waals surface area contributed by atoms with E-state index in [2.05, 4.69) is 22.3 Å². The van der Waals surface area contributed by atoms with E-state index in [4.69, 9.17) is 0 Å². The summed E-state index contributed by atoms with van der Waals surface area (Å²) < 4.78 is 26.0. The van der Waals surface area contributed by atoms with Crippen LogP contribution in [0.2, 0.25) is 0 Å². The molecule has 2 aromatic carbocycles. The molecule has 6 nitrogen and oxygen atoms in total. The second-order valence-corrected chi connectivity index (χ2v) is 10.8. The molecule has 1 aliphatic rings. The van der Waals surface area contributed by atoms with Gasteiger partial charge < -0.3 is 5.32 Å². The van der Waals surface area contributed by atoms with Gasteiger partial charge in [0.25, 0.3) is 0 Å². The van der Waals surface area contributed by atoms with Gasteiger partial charge in [-0.2, -0.15) is 0 Å². The van der Waals surface area contributed by atoms with Crippen molar-refractivity contribution in [2.24, 2.45) is 0 Å². The number of carbonyl (C=O) groups is 1. The van der Waals surface area contributed by atoms with Gasteiger partial charge in [0.15, 0.2) is 0 Å². The highest BCUT2D eigenvalue weighted by Gasteiger charge is 2.18. The molecule has 1 N–H and O–H groups in total. The normalized spacial score (nSPS) is 14.5. The number of amides is 1. The van der Waals surface area contributed by atoms with Gasteiger partial charge >= 0.3 is 0 Å². The van der Waals surface area contributed by atoms with Crippen LogP contribution < -0.4 is 9.62 Å². The average Bonchev–Trinajstić information content (AvgIpc) is 3.21. The zero-order valence-corrected chi connectivity index (χ0v) is 20.2. The molecule has 0 aromatic heterocycles. The Labute approximate surface area is 192 Å². The minimum absolute atomic E-state index is 0.0659. The maximum atomic E-state index is 12.4. The zero-order chi connectivity index (χ0) is 23.1. The van der Waals surface area contributed by atoms with Crippen LogP contribution in [0.4, 0.5) is 5.69 Å². The number of sulfonamides is 1. The largest absolute Gasteiger partial charge is 0.352 e. The van der Waals surface area contributed by atoms with E-state index in [1.807, 2.05) is 44.2 Å². The van der Waals surface area contributed by atoms with Crippen molar-refractivity contribution in [1.29, 1.82) is 0 Å². The molecular weight excluding hydrogens is 422 g/mol. The average molecular weight is 458 g/mol. The van der Waals surface area contributed by atoms with Gasteiger partial charge in [-0.1, -0.05) is 30.3 Å². The molecule has 3 rings (SSSR count). The maximum Gasteiger partial charge on any atom is 0.232 e. The van der Waals surface area contributed by atoms with Crippen molar-refractivity contribution in [3.05, 3.63) is 64.7 Å². The van der Waals surface area contributed by atoms with Crippen LogP contribution in [-0.4, -0.2) is 45.1 Å². The minimum Gasteiger partial charge on any atom is -0.352 e. The number of carbonyl (C=O) groups excluding carboxylic acids is 1. The smallest absolute Gasteiger partial charge is 0.232 e. The van der Waals surface area contributed by atoms with E-state index in [9.17, 15) is 13.2 Å². The van der Waals surface area contributed by atoms with E-state index >= 15 is 0 Å². The lowest BCUT2D eigenvalue weighted by Crippen LogP contribution is -2.32. The fraction of sp³-hybridized carbons (Fsp3) is 0.480. The van der Waals surface area contributed by atoms with Crippen LogP contribution in [0, 0.1) is 13.8 Å². The summed E-state index contributed by atoms with van der Waals surface area (Å²) in [4.78, 5) is 14.8. The molecule has 0 radical (unpaired) electrons. The number of rotatable bonds is 10. The lowest BCUT2D eigenvalue weighted by atomic mass is 10.1. The molecule has 1 amide bonds. The molecule has 0 saturated carbocycles. The molecule has 0 unspecified atom stereocenters. The third-order valence-corrected chi connectivity index (χ3v) is 6.94. The Hall–Kier alpha value is -2.38. The van der Waals surface area contributed by atoms with Crippen molar-refractivity contribution in [2.75, 3.05) is 30.2 Å². The Morgan fingerprint density at radius 3 is 2.34 bits per heavy atom. The van der Waals surface area contributed by atoms with Crippen LogP contribution in [0.1, 0.15) is 47.9 Å². The van der Waals surface area contributed by atoms with Gasteiger partial charge in [-0.25, -0.2) is 8.42 Å². The summed E-state index contributed by atoms with van der Waals surface area (Å²) in [5.41, 5.74) is 5.04. The Morgan fingerprint density at radius 1 is 1.03 bits per heavy atom. The minimum atomic E-state index is -3.42. The van der Waals surface area contributed by atoms with Crippen LogP contribution in [0.25, 0.3) is 0 Å². The highest BCUT2D eigenvalue weighted by atomic mass is 32.2. The summed E-state index contributed by atoms with van der Waals surface area (Å²) >= 11 is 0. The fourth-order valence-corrected chi connectivity index (χ4v) is 5.24. The Balaban J connectivity index is 1.49. The molecule has 1 saturated heterocycles. The summed E-state index contributed by atoms with van der Waals surface area (Å²) in [6.07, 6.45) is 4.50. The van der Waals surface area contributed by atoms with Gasteiger partial charge in [-0.15, -0.1) is 0 Å². The van der Waals surface area contributed by atoms with E-state index in [1.54, 1.807) is 0 Å². The van der Waals surface area contributed by atoms with Crippen LogP contribution in [0.15, 0.2) is 42.5 Å². The van der Waals surface area contributed by atoms with Gasteiger partial charge in [0.05, 0.1) is 11.9 Å². The van der Waals surface area contributed by atoms with E-state index in [-0.39, 0.29) is 18.9 Å². The molecule has 0 spiro atoms. The fourth-order valence-electron chi connectivity index (χ4n) is 4.29. The van der Waals surface area contributed by atoms with Crippen molar-refractivity contribution in [3.63, 3.8) is 0 Å². The van der Waals surface area contributed by atoms with Gasteiger partial charge in [-0.3, -0.25) is 14.0 Å². The first-order valence-electron chi connectivity index (χ1n) is 11.3. The van der Waals surface area contributed by atoms with Crippen LogP contribution in [-0.2, 0) is 27.9 Å². The molecule has 2 aromatic rings. The SMILES string of the molecule is Cc1cc(C)cc(N(CCCC(=O)NCc2cccc(CN3CCCC3)c2)S(C)(=O)=O)c1. The summed E-state index contributed by atoms with van der Waals surface area (Å²) in [5.74, 6) is -0.0659. The molecular formula is C25H35N3O3S. The Kier molecular flexibility index (Phi) is 8.32. The predicted octanol–water partition coefficient (Wildman–Crippen LogP) is 3.76. The van der Waals surface area contributed by atoms with Crippen molar-refractivity contribution < 1.29 is 13.2 Å². The van der Waals surface area contributed by atoms with E-state index < -0.39 is 10.0 Å². The molecule has 1 heterocycles. The van der Waals surface area contributed by atoms with Crippen molar-refractivity contribution in [1.82, 2.24) is 10.2 Å². The number of anilines is 1. The highest BCUT2D eigenvalue weighted by Crippen LogP contribution is 2.22. The van der Waals surface area contributed by atoms with Gasteiger partial charge in [-0.05, 0) is 80.6 Å². The van der Waals surface area contributed by atoms with Crippen LogP contribution in [0.5, 0.6) is 0 Å². The molecule has 174 valence electrons. The first-order chi connectivity index (χ1) is 15.2. The van der Waals surface area contributed by atoms with Crippen molar-refractivity contribution in [2.45, 2.75) is 52.6 Å². The molecule has 1 aliphatic heterocycles. The third kappa shape index (κ3) is 7.35. The van der Waals surface area contributed by atoms with Crippen molar-refractivity contribution >= 4 is 21.6 Å². The molecule has 7 heteroatoms. The quantitative estimate of drug-likeness (QED) is 0.590. The van der Waals surface area contributed by atoms with Gasteiger partial charge in [0.2, 0.25) is 15.9 Å². The second-order valence-electron chi connectivity index (χ2n) is 8.86. The number of likely N-dealkylation sites (tertiary alicyclic amines) is 1. The third-order valence-electron chi connectivity index (χ3n) is 5.75. The number of hydrogen-bond acceptors (Lipinski definition) is 4. The number of nitrogens with one attached hydrogen (secondary N) is 1. The second kappa shape index (κ2) is 11.0. The highest BCUT2D eigenvalue weighted by molar-refractivity contribution is 7.92. The van der Waals surface area contributed by atoms with Gasteiger partial charge in [0, 0.05) is 26.1 Å². The molecule has 0 bridgehead atoms. The maximum absolute atomic E-state index is 12.4. The first-order valence-corrected chi connectivity index (χ1v) is 13.2. The van der Waals surface area contributed by atoms with E-state index in [0.717, 1.165) is 36.3 Å².